The summed E-state index contributed by atoms with van der Waals surface area (Å²) < 4.78 is 51.9. The fraction of sp³-hybridized carbons (Fsp3) is 0.316. The number of hydrogen-bond acceptors (Lipinski definition) is 3. The summed E-state index contributed by atoms with van der Waals surface area (Å²) in [5, 5.41) is -0.649. The Morgan fingerprint density at radius 1 is 1.08 bits per heavy atom. The van der Waals surface area contributed by atoms with Crippen LogP contribution in [0.25, 0.3) is 0 Å². The molecular formula is C19H19F2NO3S. The van der Waals surface area contributed by atoms with Gasteiger partial charge in [-0.3, -0.25) is 4.79 Å². The largest absolute Gasteiger partial charge is 0.341 e. The van der Waals surface area contributed by atoms with Gasteiger partial charge in [-0.25, -0.2) is 17.2 Å². The molecule has 1 fully saturated rings. The summed E-state index contributed by atoms with van der Waals surface area (Å²) in [6.45, 7) is 0.355. The number of hydrogen-bond donors (Lipinski definition) is 0. The number of halogens is 2. The third-order valence-electron chi connectivity index (χ3n) is 4.62. The van der Waals surface area contributed by atoms with Crippen LogP contribution < -0.4 is 0 Å². The zero-order valence-corrected chi connectivity index (χ0v) is 14.9. The molecule has 2 aromatic carbocycles. The molecule has 1 amide bonds. The van der Waals surface area contributed by atoms with Crippen molar-refractivity contribution in [3.05, 3.63) is 71.3 Å². The molecule has 7 heteroatoms. The molecule has 1 atom stereocenters. The number of carbonyl (C=O) groups is 1. The van der Waals surface area contributed by atoms with E-state index in [2.05, 4.69) is 0 Å². The Labute approximate surface area is 151 Å². The Kier molecular flexibility index (Phi) is 5.36. The van der Waals surface area contributed by atoms with Crippen LogP contribution in [0.3, 0.4) is 0 Å². The average Bonchev–Trinajstić information content (AvgIpc) is 2.76. The van der Waals surface area contributed by atoms with E-state index in [1.165, 1.54) is 11.0 Å². The van der Waals surface area contributed by atoms with E-state index in [1.54, 1.807) is 24.3 Å². The van der Waals surface area contributed by atoms with E-state index in [0.29, 0.717) is 12.0 Å². The van der Waals surface area contributed by atoms with Gasteiger partial charge in [-0.15, -0.1) is 0 Å². The molecule has 1 aliphatic rings. The molecule has 1 heterocycles. The monoisotopic (exact) mass is 379 g/mol. The highest BCUT2D eigenvalue weighted by molar-refractivity contribution is 7.91. The predicted octanol–water partition coefficient (Wildman–Crippen LogP) is 2.90. The van der Waals surface area contributed by atoms with E-state index in [1.807, 2.05) is 6.07 Å². The van der Waals surface area contributed by atoms with E-state index < -0.39 is 26.7 Å². The lowest BCUT2D eigenvalue weighted by atomic mass is 10.1. The number of sulfone groups is 1. The molecule has 1 aliphatic heterocycles. The second-order valence-corrected chi connectivity index (χ2v) is 8.65. The first-order valence-corrected chi connectivity index (χ1v) is 10.1. The molecule has 0 bridgehead atoms. The van der Waals surface area contributed by atoms with Gasteiger partial charge >= 0.3 is 0 Å². The van der Waals surface area contributed by atoms with E-state index in [4.69, 9.17) is 0 Å². The van der Waals surface area contributed by atoms with Gasteiger partial charge in [-0.2, -0.15) is 0 Å². The first-order valence-electron chi connectivity index (χ1n) is 8.35. The molecule has 0 radical (unpaired) electrons. The lowest BCUT2D eigenvalue weighted by Gasteiger charge is -2.20. The summed E-state index contributed by atoms with van der Waals surface area (Å²) in [7, 11) is -3.38. The third kappa shape index (κ3) is 4.09. The van der Waals surface area contributed by atoms with Crippen molar-refractivity contribution in [3.8, 4) is 0 Å². The van der Waals surface area contributed by atoms with Crippen molar-refractivity contribution in [1.82, 2.24) is 4.90 Å². The van der Waals surface area contributed by atoms with Gasteiger partial charge in [-0.05, 0) is 23.6 Å². The fourth-order valence-corrected chi connectivity index (χ4v) is 4.97. The maximum atomic E-state index is 13.8. The molecule has 0 aromatic heterocycles. The van der Waals surface area contributed by atoms with Crippen molar-refractivity contribution < 1.29 is 22.0 Å². The van der Waals surface area contributed by atoms with Gasteiger partial charge < -0.3 is 4.90 Å². The molecule has 0 N–H and O–H groups in total. The Hall–Kier alpha value is -2.28. The molecular weight excluding hydrogens is 360 g/mol. The first-order chi connectivity index (χ1) is 12.4. The summed E-state index contributed by atoms with van der Waals surface area (Å²) >= 11 is 0. The zero-order valence-electron chi connectivity index (χ0n) is 14.1. The lowest BCUT2D eigenvalue weighted by molar-refractivity contribution is -0.130. The van der Waals surface area contributed by atoms with Crippen LogP contribution in [0, 0.1) is 11.6 Å². The van der Waals surface area contributed by atoms with E-state index in [9.17, 15) is 22.0 Å². The van der Waals surface area contributed by atoms with Crippen LogP contribution >= 0.6 is 0 Å². The van der Waals surface area contributed by atoms with Crippen LogP contribution in [0.5, 0.6) is 0 Å². The number of nitrogens with zero attached hydrogens (tertiary/aromatic N) is 1. The highest BCUT2D eigenvalue weighted by atomic mass is 32.2. The van der Waals surface area contributed by atoms with Crippen molar-refractivity contribution in [2.45, 2.75) is 18.1 Å². The number of amides is 1. The zero-order chi connectivity index (χ0) is 18.7. The number of rotatable bonds is 3. The molecule has 3 rings (SSSR count). The van der Waals surface area contributed by atoms with Gasteiger partial charge in [0.05, 0.1) is 17.4 Å². The van der Waals surface area contributed by atoms with Crippen LogP contribution in [0.4, 0.5) is 8.78 Å². The molecule has 2 aromatic rings. The van der Waals surface area contributed by atoms with Crippen molar-refractivity contribution in [2.75, 3.05) is 18.8 Å². The van der Waals surface area contributed by atoms with Crippen molar-refractivity contribution in [3.63, 3.8) is 0 Å². The van der Waals surface area contributed by atoms with Crippen LogP contribution in [0.1, 0.15) is 22.8 Å². The Balaban J connectivity index is 1.74. The summed E-state index contributed by atoms with van der Waals surface area (Å²) in [4.78, 5) is 13.9. The fourth-order valence-electron chi connectivity index (χ4n) is 3.18. The Bertz CT molecular complexity index is 900. The van der Waals surface area contributed by atoms with E-state index >= 15 is 0 Å². The maximum absolute atomic E-state index is 13.8. The summed E-state index contributed by atoms with van der Waals surface area (Å²) in [6, 6.07) is 12.0. The van der Waals surface area contributed by atoms with Crippen molar-refractivity contribution in [2.24, 2.45) is 0 Å². The van der Waals surface area contributed by atoms with E-state index in [0.717, 1.165) is 12.1 Å². The maximum Gasteiger partial charge on any atom is 0.227 e. The highest BCUT2D eigenvalue weighted by Gasteiger charge is 2.32. The number of carbonyl (C=O) groups excluding carboxylic acids is 1. The molecule has 26 heavy (non-hydrogen) atoms. The van der Waals surface area contributed by atoms with Crippen LogP contribution in [-0.4, -0.2) is 38.1 Å². The summed E-state index contributed by atoms with van der Waals surface area (Å²) in [5.74, 6) is -1.97. The standard InChI is InChI=1S/C19H19F2NO3S/c20-16-7-6-15(17(21)13-16)12-19(23)22-9-8-18(26(24,25)11-10-22)14-4-2-1-3-5-14/h1-7,13,18H,8-12H2. The van der Waals surface area contributed by atoms with Gasteiger partial charge in [0.25, 0.3) is 0 Å². The van der Waals surface area contributed by atoms with E-state index in [-0.39, 0.29) is 36.7 Å². The Morgan fingerprint density at radius 3 is 2.50 bits per heavy atom. The average molecular weight is 379 g/mol. The minimum atomic E-state index is -3.38. The van der Waals surface area contributed by atoms with Gasteiger partial charge in [0.2, 0.25) is 5.91 Å². The molecule has 0 aliphatic carbocycles. The predicted molar refractivity (Wildman–Crippen MR) is 94.2 cm³/mol. The third-order valence-corrected chi connectivity index (χ3v) is 6.75. The molecule has 4 nitrogen and oxygen atoms in total. The van der Waals surface area contributed by atoms with Gasteiger partial charge in [-0.1, -0.05) is 36.4 Å². The first kappa shape index (κ1) is 18.5. The summed E-state index contributed by atoms with van der Waals surface area (Å²) in [6.07, 6.45) is 0.0755. The molecule has 1 saturated heterocycles. The molecule has 138 valence electrons. The lowest BCUT2D eigenvalue weighted by Crippen LogP contribution is -2.34. The second-order valence-electron chi connectivity index (χ2n) is 6.35. The van der Waals surface area contributed by atoms with Gasteiger partial charge in [0.15, 0.2) is 9.84 Å². The highest BCUT2D eigenvalue weighted by Crippen LogP contribution is 2.29. The van der Waals surface area contributed by atoms with Crippen LogP contribution in [-0.2, 0) is 21.1 Å². The van der Waals surface area contributed by atoms with Gasteiger partial charge in [0, 0.05) is 19.2 Å². The molecule has 1 unspecified atom stereocenters. The smallest absolute Gasteiger partial charge is 0.227 e. The normalized spacial score (nSPS) is 19.8. The van der Waals surface area contributed by atoms with Crippen LogP contribution in [0.15, 0.2) is 48.5 Å². The molecule has 0 spiro atoms. The number of benzene rings is 2. The molecule has 0 saturated carbocycles. The second kappa shape index (κ2) is 7.53. The minimum Gasteiger partial charge on any atom is -0.341 e. The van der Waals surface area contributed by atoms with Crippen LogP contribution in [0.2, 0.25) is 0 Å². The SMILES string of the molecule is O=C(Cc1ccc(F)cc1F)N1CCC(c2ccccc2)S(=O)(=O)CC1. The topological polar surface area (TPSA) is 54.5 Å². The van der Waals surface area contributed by atoms with Gasteiger partial charge in [0.1, 0.15) is 11.6 Å². The van der Waals surface area contributed by atoms with Crippen molar-refractivity contribution in [1.29, 1.82) is 0 Å². The summed E-state index contributed by atoms with van der Waals surface area (Å²) in [5.41, 5.74) is 0.814. The minimum absolute atomic E-state index is 0.0767. The van der Waals surface area contributed by atoms with Crippen molar-refractivity contribution >= 4 is 15.7 Å². The quantitative estimate of drug-likeness (QED) is 0.824. The Morgan fingerprint density at radius 2 is 1.81 bits per heavy atom.